The Kier molecular flexibility index (Phi) is 4.63. The Bertz CT molecular complexity index is 537. The summed E-state index contributed by atoms with van der Waals surface area (Å²) in [5.74, 6) is -0.557. The first-order valence-electron chi connectivity index (χ1n) is 4.86. The van der Waals surface area contributed by atoms with Crippen LogP contribution in [0.1, 0.15) is 16.7 Å². The number of hydrogen-bond donors (Lipinski definition) is 0. The summed E-state index contributed by atoms with van der Waals surface area (Å²) in [4.78, 5) is 21.4. The molecule has 18 heavy (non-hydrogen) atoms. The topological polar surface area (TPSA) is 93.2 Å². The van der Waals surface area contributed by atoms with Crippen LogP contribution in [0.5, 0.6) is 0 Å². The van der Waals surface area contributed by atoms with Crippen molar-refractivity contribution in [3.8, 4) is 6.07 Å². The van der Waals surface area contributed by atoms with Crippen molar-refractivity contribution < 1.29 is 14.5 Å². The van der Waals surface area contributed by atoms with Gasteiger partial charge in [0, 0.05) is 17.5 Å². The van der Waals surface area contributed by atoms with Crippen LogP contribution in [-0.4, -0.2) is 18.0 Å². The Morgan fingerprint density at radius 1 is 1.56 bits per heavy atom. The molecule has 0 fully saturated rings. The van der Waals surface area contributed by atoms with Crippen LogP contribution in [0.2, 0.25) is 0 Å². The highest BCUT2D eigenvalue weighted by Gasteiger charge is 2.20. The highest BCUT2D eigenvalue weighted by molar-refractivity contribution is 6.17. The number of nitro groups is 1. The highest BCUT2D eigenvalue weighted by atomic mass is 35.5. The van der Waals surface area contributed by atoms with Gasteiger partial charge in [-0.1, -0.05) is 0 Å². The minimum atomic E-state index is -0.642. The molecule has 0 heterocycles. The number of carbonyl (C=O) groups excluding carboxylic acids is 1. The van der Waals surface area contributed by atoms with E-state index in [4.69, 9.17) is 16.9 Å². The largest absolute Gasteiger partial charge is 0.469 e. The lowest BCUT2D eigenvalue weighted by atomic mass is 10.0. The molecule has 0 aromatic heterocycles. The summed E-state index contributed by atoms with van der Waals surface area (Å²) in [7, 11) is 1.19. The zero-order chi connectivity index (χ0) is 13.7. The lowest BCUT2D eigenvalue weighted by Crippen LogP contribution is -2.08. The predicted molar refractivity (Wildman–Crippen MR) is 63.1 cm³/mol. The molecule has 0 saturated carbocycles. The maximum absolute atomic E-state index is 11.2. The van der Waals surface area contributed by atoms with Crippen LogP contribution in [-0.2, 0) is 21.8 Å². The number of nitriles is 1. The van der Waals surface area contributed by atoms with Crippen molar-refractivity contribution in [2.24, 2.45) is 0 Å². The molecule has 0 aliphatic rings. The first-order valence-corrected chi connectivity index (χ1v) is 5.40. The van der Waals surface area contributed by atoms with Crippen LogP contribution < -0.4 is 0 Å². The second-order valence-electron chi connectivity index (χ2n) is 3.39. The van der Waals surface area contributed by atoms with Gasteiger partial charge in [-0.05, 0) is 11.6 Å². The third-order valence-corrected chi connectivity index (χ3v) is 2.62. The molecule has 0 radical (unpaired) electrons. The number of carbonyl (C=O) groups is 1. The summed E-state index contributed by atoms with van der Waals surface area (Å²) < 4.78 is 4.46. The average Bonchev–Trinajstić information content (AvgIpc) is 2.37. The van der Waals surface area contributed by atoms with Gasteiger partial charge in [-0.3, -0.25) is 14.9 Å². The quantitative estimate of drug-likeness (QED) is 0.360. The van der Waals surface area contributed by atoms with E-state index in [1.165, 1.54) is 13.2 Å². The van der Waals surface area contributed by atoms with Crippen molar-refractivity contribution in [2.45, 2.75) is 12.3 Å². The number of methoxy groups -OCH3 is 1. The summed E-state index contributed by atoms with van der Waals surface area (Å²) in [5.41, 5.74) is 0.473. The van der Waals surface area contributed by atoms with Gasteiger partial charge in [0.05, 0.1) is 30.1 Å². The van der Waals surface area contributed by atoms with Crippen molar-refractivity contribution >= 4 is 23.3 Å². The molecule has 0 bridgehead atoms. The number of hydrogen-bond acceptors (Lipinski definition) is 5. The summed E-state index contributed by atoms with van der Waals surface area (Å²) in [6, 6.07) is 4.34. The second kappa shape index (κ2) is 5.98. The molecule has 6 nitrogen and oxygen atoms in total. The summed E-state index contributed by atoms with van der Waals surface area (Å²) in [6.07, 6.45) is -0.234. The summed E-state index contributed by atoms with van der Waals surface area (Å²) in [6.45, 7) is 0. The van der Waals surface area contributed by atoms with Crippen LogP contribution in [0, 0.1) is 21.4 Å². The fraction of sp³-hybridized carbons (Fsp3) is 0.273. The molecule has 0 atom stereocenters. The average molecular weight is 269 g/mol. The number of ether oxygens (including phenoxy) is 1. The Hall–Kier alpha value is -2.13. The first-order chi connectivity index (χ1) is 8.53. The van der Waals surface area contributed by atoms with E-state index in [-0.39, 0.29) is 29.1 Å². The number of nitrogens with zero attached hydrogens (tertiary/aromatic N) is 2. The summed E-state index contributed by atoms with van der Waals surface area (Å²) in [5, 5.41) is 19.7. The van der Waals surface area contributed by atoms with E-state index in [1.54, 1.807) is 0 Å². The fourth-order valence-corrected chi connectivity index (χ4v) is 1.66. The maximum atomic E-state index is 11.2. The molecule has 1 aromatic rings. The molecule has 0 saturated heterocycles. The molecular weight excluding hydrogens is 260 g/mol. The molecule has 0 aliphatic heterocycles. The second-order valence-corrected chi connectivity index (χ2v) is 3.66. The van der Waals surface area contributed by atoms with Crippen molar-refractivity contribution in [1.82, 2.24) is 0 Å². The standard InChI is InChI=1S/C11H9ClN2O4/c1-18-11(15)4-7-2-8(5-12)9(6-13)3-10(7)14(16)17/h2-3H,4-5H2,1H3. The van der Waals surface area contributed by atoms with Gasteiger partial charge in [0.25, 0.3) is 5.69 Å². The number of rotatable bonds is 4. The first kappa shape index (κ1) is 13.9. The van der Waals surface area contributed by atoms with Gasteiger partial charge in [-0.15, -0.1) is 11.6 Å². The number of halogens is 1. The van der Waals surface area contributed by atoms with Crippen LogP contribution in [0.25, 0.3) is 0 Å². The Balaban J connectivity index is 3.34. The SMILES string of the molecule is COC(=O)Cc1cc(CCl)c(C#N)cc1[N+](=O)[O-]. The van der Waals surface area contributed by atoms with E-state index in [0.717, 1.165) is 6.07 Å². The lowest BCUT2D eigenvalue weighted by Gasteiger charge is -2.06. The predicted octanol–water partition coefficient (Wildman–Crippen LogP) is 1.92. The van der Waals surface area contributed by atoms with Crippen LogP contribution in [0.3, 0.4) is 0 Å². The summed E-state index contributed by atoms with van der Waals surface area (Å²) >= 11 is 5.65. The normalized spacial score (nSPS) is 9.61. The van der Waals surface area contributed by atoms with Crippen molar-refractivity contribution in [2.75, 3.05) is 7.11 Å². The molecule has 1 rings (SSSR count). The zero-order valence-corrected chi connectivity index (χ0v) is 10.2. The third kappa shape index (κ3) is 2.96. The minimum absolute atomic E-state index is 0.0368. The highest BCUT2D eigenvalue weighted by Crippen LogP contribution is 2.25. The maximum Gasteiger partial charge on any atom is 0.310 e. The number of alkyl halides is 1. The number of nitro benzene ring substituents is 1. The van der Waals surface area contributed by atoms with E-state index in [1.807, 2.05) is 6.07 Å². The van der Waals surface area contributed by atoms with Crippen LogP contribution >= 0.6 is 11.6 Å². The molecule has 7 heteroatoms. The molecule has 0 amide bonds. The van der Waals surface area contributed by atoms with Crippen LogP contribution in [0.15, 0.2) is 12.1 Å². The lowest BCUT2D eigenvalue weighted by molar-refractivity contribution is -0.385. The van der Waals surface area contributed by atoms with Gasteiger partial charge in [-0.25, -0.2) is 0 Å². The van der Waals surface area contributed by atoms with E-state index >= 15 is 0 Å². The van der Waals surface area contributed by atoms with E-state index in [2.05, 4.69) is 4.74 Å². The van der Waals surface area contributed by atoms with Crippen molar-refractivity contribution in [1.29, 1.82) is 5.26 Å². The van der Waals surface area contributed by atoms with Crippen LogP contribution in [0.4, 0.5) is 5.69 Å². The Morgan fingerprint density at radius 3 is 2.67 bits per heavy atom. The minimum Gasteiger partial charge on any atom is -0.469 e. The Morgan fingerprint density at radius 2 is 2.22 bits per heavy atom. The van der Waals surface area contributed by atoms with Gasteiger partial charge >= 0.3 is 5.97 Å². The fourth-order valence-electron chi connectivity index (χ4n) is 1.44. The monoisotopic (exact) mass is 268 g/mol. The smallest absolute Gasteiger partial charge is 0.310 e. The van der Waals surface area contributed by atoms with Gasteiger partial charge in [0.15, 0.2) is 0 Å². The van der Waals surface area contributed by atoms with Gasteiger partial charge in [-0.2, -0.15) is 5.26 Å². The molecule has 1 aromatic carbocycles. The van der Waals surface area contributed by atoms with Crippen molar-refractivity contribution in [3.63, 3.8) is 0 Å². The molecule has 0 N–H and O–H groups in total. The molecule has 94 valence electrons. The van der Waals surface area contributed by atoms with Gasteiger partial charge < -0.3 is 4.74 Å². The molecule has 0 spiro atoms. The van der Waals surface area contributed by atoms with Gasteiger partial charge in [0.2, 0.25) is 0 Å². The van der Waals surface area contributed by atoms with E-state index in [0.29, 0.717) is 5.56 Å². The van der Waals surface area contributed by atoms with E-state index < -0.39 is 10.9 Å². The van der Waals surface area contributed by atoms with E-state index in [9.17, 15) is 14.9 Å². The molecule has 0 unspecified atom stereocenters. The van der Waals surface area contributed by atoms with Gasteiger partial charge in [0.1, 0.15) is 0 Å². The number of benzene rings is 1. The third-order valence-electron chi connectivity index (χ3n) is 2.33. The Labute approximate surface area is 108 Å². The zero-order valence-electron chi connectivity index (χ0n) is 9.47. The number of esters is 1. The molecule has 0 aliphatic carbocycles. The molecular formula is C11H9ClN2O4. The van der Waals surface area contributed by atoms with Crippen molar-refractivity contribution in [3.05, 3.63) is 38.9 Å².